The average molecular weight is 1530 g/mol. The Labute approximate surface area is 634 Å². The van der Waals surface area contributed by atoms with Gasteiger partial charge in [-0.1, -0.05) is 109 Å². The van der Waals surface area contributed by atoms with Crippen LogP contribution in [-0.2, 0) is 81.9 Å². The maximum Gasteiger partial charge on any atom is 0.246 e. The van der Waals surface area contributed by atoms with Crippen LogP contribution in [0.1, 0.15) is 156 Å². The van der Waals surface area contributed by atoms with E-state index in [9.17, 15) is 73.2 Å². The number of carbonyl (C=O) groups excluding carboxylic acids is 12. The number of nitrogens with one attached hydrogen (secondary N) is 11. The van der Waals surface area contributed by atoms with Crippen LogP contribution in [0, 0.1) is 23.2 Å². The molecule has 107 heavy (non-hydrogen) atoms. The molecule has 1 aliphatic carbocycles. The molecule has 3 aliphatic heterocycles. The summed E-state index contributed by atoms with van der Waals surface area (Å²) in [5.41, 5.74) is 5.81. The van der Waals surface area contributed by atoms with Crippen LogP contribution in [0.15, 0.2) is 72.8 Å². The summed E-state index contributed by atoms with van der Waals surface area (Å²) in [5.74, 6) is -9.39. The number of thioether (sulfide) groups is 2. The Morgan fingerprint density at radius 3 is 1.79 bits per heavy atom. The summed E-state index contributed by atoms with van der Waals surface area (Å²) in [6.45, 7) is 16.1. The lowest BCUT2D eigenvalue weighted by Crippen LogP contribution is -2.67. The number of rotatable bonds is 12. The van der Waals surface area contributed by atoms with E-state index in [0.717, 1.165) is 36.8 Å². The Morgan fingerprint density at radius 2 is 1.19 bits per heavy atom. The molecule has 0 aromatic heterocycles. The minimum absolute atomic E-state index is 0.00795. The normalized spacial score (nSPS) is 29.0. The van der Waals surface area contributed by atoms with Crippen molar-refractivity contribution in [1.29, 1.82) is 0 Å². The minimum atomic E-state index is -1.87. The molecule has 31 heteroatoms. The van der Waals surface area contributed by atoms with Crippen LogP contribution in [0.4, 0.5) is 0 Å². The highest BCUT2D eigenvalue weighted by Crippen LogP contribution is 2.37. The van der Waals surface area contributed by atoms with Crippen LogP contribution in [0.25, 0.3) is 0 Å². The fraction of sp³-hybridized carbons (Fsp3) is 0.605. The van der Waals surface area contributed by atoms with Gasteiger partial charge in [-0.25, -0.2) is 0 Å². The topological polar surface area (TPSA) is 447 Å². The van der Waals surface area contributed by atoms with Crippen molar-refractivity contribution >= 4 is 94.4 Å². The zero-order valence-corrected chi connectivity index (χ0v) is 64.6. The fourth-order valence-electron chi connectivity index (χ4n) is 13.9. The minimum Gasteiger partial charge on any atom is -0.508 e. The number of aromatic hydroxyl groups is 2. The second kappa shape index (κ2) is 39.5. The number of nitrogens with two attached hydrogens (primary N) is 1. The number of phenols is 2. The third-order valence-corrected chi connectivity index (χ3v) is 22.7. The van der Waals surface area contributed by atoms with E-state index in [-0.39, 0.29) is 80.2 Å². The van der Waals surface area contributed by atoms with E-state index in [1.54, 1.807) is 53.7 Å². The summed E-state index contributed by atoms with van der Waals surface area (Å²) in [5, 5.41) is 73.5. The van der Waals surface area contributed by atoms with Gasteiger partial charge in [0.15, 0.2) is 0 Å². The largest absolute Gasteiger partial charge is 0.508 e. The van der Waals surface area contributed by atoms with E-state index in [0.29, 0.717) is 47.8 Å². The Morgan fingerprint density at radius 1 is 0.626 bits per heavy atom. The standard InChI is InChI=1S/C76H111N13O16S2/c1-11-16-54-66(97)79-42(4)65(96)81-55(34-45-22-26-50(92)27-23-45)68(99)88-76(10,41(2)3)74(105)87-62(44(6)91)71(102)84-58(64(77)95)40-107-39-48-18-14-17-47(33-48)38-106-32-30-60(94)85-63(75(7,8)9)72(103)83-57(35-46-24-28-51(93)29-25-46)73(104)89-31-15-21-59(89)69(100)86-61(43(5)90)70(101)82-56(67(98)80-54)36-49-37-78-53-20-13-12-19-52(49)53/h14,17-18,22-29,33,41-44,49,52-59,61-63,78,90-93H,11-13,15-16,19-21,30-32,34-40H2,1-10H3,(H2,77,95)(H,79,97)(H,80,98)(H,81,96)(H,82,101)(H,83,103)(H,84,102)(H,85,94)(H,86,100)(H,87,105)(H,88,99)/t42-,43+,44+,49?,52?,53?,54-,55-,56-,57-,58-,59-,61-,62-,63+,76-/m0/s1. The second-order valence-corrected chi connectivity index (χ2v) is 32.5. The molecule has 0 radical (unpaired) electrons. The summed E-state index contributed by atoms with van der Waals surface area (Å²) in [7, 11) is 0. The highest BCUT2D eigenvalue weighted by atomic mass is 32.2. The first-order valence-electron chi connectivity index (χ1n) is 37.1. The van der Waals surface area contributed by atoms with Crippen molar-refractivity contribution in [1.82, 2.24) is 63.4 Å². The van der Waals surface area contributed by atoms with Crippen LogP contribution < -0.4 is 64.2 Å². The predicted octanol–water partition coefficient (Wildman–Crippen LogP) is 1.62. The van der Waals surface area contributed by atoms with Crippen molar-refractivity contribution in [2.45, 2.75) is 242 Å². The molecule has 4 aliphatic rings. The monoisotopic (exact) mass is 1530 g/mol. The zero-order valence-electron chi connectivity index (χ0n) is 62.9. The summed E-state index contributed by atoms with van der Waals surface area (Å²) >= 11 is 2.74. The van der Waals surface area contributed by atoms with Crippen LogP contribution in [0.5, 0.6) is 11.5 Å². The SMILES string of the molecule is CCC[C@@H]1NC(=O)[C@H](CC2CNC3CCCCC23)NC(=O)[C@H]([C@@H](C)O)NC(=O)[C@@H]2CCCN2C(=O)[C@H](Cc2ccc(O)cc2)NC(=O)[C@H](C(C)(C)C)NC(=O)CCSCc2cccc(c2)CSC[C@@H](C(N)=O)NC(=O)[C@H]([C@@H](C)O)NC(=O)[C@](C)(C(C)C)NC(=O)[C@H](Cc2ccc(O)cc2)NC(=O)[C@H](C)NC1=O. The molecule has 2 saturated heterocycles. The molecule has 12 amide bonds. The molecule has 16 atom stereocenters. The number of hydrogen-bond donors (Lipinski definition) is 16. The Bertz CT molecular complexity index is 3620. The number of phenolic OH excluding ortho intramolecular Hbond substituents is 2. The number of carbonyl (C=O) groups is 12. The van der Waals surface area contributed by atoms with Gasteiger partial charge in [-0.05, 0) is 142 Å². The second-order valence-electron chi connectivity index (χ2n) is 30.4. The Kier molecular flexibility index (Phi) is 31.7. The highest BCUT2D eigenvalue weighted by molar-refractivity contribution is 7.98. The van der Waals surface area contributed by atoms with Gasteiger partial charge in [-0.3, -0.25) is 57.5 Å². The number of amides is 12. The van der Waals surface area contributed by atoms with Crippen LogP contribution in [0.2, 0.25) is 0 Å². The predicted molar refractivity (Wildman–Crippen MR) is 405 cm³/mol. The molecule has 3 unspecified atom stereocenters. The van der Waals surface area contributed by atoms with Crippen LogP contribution in [0.3, 0.4) is 0 Å². The molecule has 3 fully saturated rings. The van der Waals surface area contributed by atoms with E-state index in [1.165, 1.54) is 92.5 Å². The fourth-order valence-corrected chi connectivity index (χ4v) is 15.8. The number of fused-ring (bicyclic) bond motifs is 4. The van der Waals surface area contributed by atoms with Crippen molar-refractivity contribution in [2.24, 2.45) is 28.9 Å². The first-order chi connectivity index (χ1) is 50.6. The molecule has 3 heterocycles. The number of benzene rings is 3. The lowest BCUT2D eigenvalue weighted by molar-refractivity contribution is -0.143. The van der Waals surface area contributed by atoms with Gasteiger partial charge in [0.25, 0.3) is 0 Å². The molecular weight excluding hydrogens is 1420 g/mol. The third-order valence-electron chi connectivity index (χ3n) is 20.5. The van der Waals surface area contributed by atoms with E-state index < -0.39 is 160 Å². The summed E-state index contributed by atoms with van der Waals surface area (Å²) < 4.78 is 0. The van der Waals surface area contributed by atoms with Gasteiger partial charge in [0, 0.05) is 54.9 Å². The number of primary amides is 1. The van der Waals surface area contributed by atoms with Gasteiger partial charge in [-0.2, -0.15) is 23.5 Å². The summed E-state index contributed by atoms with van der Waals surface area (Å²) in [6.07, 6.45) is 1.19. The van der Waals surface area contributed by atoms with E-state index in [2.05, 4.69) is 58.5 Å². The van der Waals surface area contributed by atoms with E-state index in [1.807, 2.05) is 24.3 Å². The quantitative estimate of drug-likeness (QED) is 0.122. The van der Waals surface area contributed by atoms with Crippen molar-refractivity contribution in [3.63, 3.8) is 0 Å². The van der Waals surface area contributed by atoms with Gasteiger partial charge < -0.3 is 89.5 Å². The maximum atomic E-state index is 15.1. The molecule has 588 valence electrons. The van der Waals surface area contributed by atoms with Gasteiger partial charge >= 0.3 is 0 Å². The molecule has 3 aromatic rings. The first-order valence-corrected chi connectivity index (χ1v) is 39.4. The number of hydrogen-bond acceptors (Lipinski definition) is 19. The van der Waals surface area contributed by atoms with Gasteiger partial charge in [0.2, 0.25) is 70.9 Å². The van der Waals surface area contributed by atoms with Crippen molar-refractivity contribution in [3.8, 4) is 11.5 Å². The maximum absolute atomic E-state index is 15.1. The molecule has 2 bridgehead atoms. The Hall–Kier alpha value is -8.52. The molecule has 7 rings (SSSR count). The number of aliphatic hydroxyl groups is 2. The third kappa shape index (κ3) is 24.5. The summed E-state index contributed by atoms with van der Waals surface area (Å²) in [4.78, 5) is 174. The van der Waals surface area contributed by atoms with Crippen molar-refractivity contribution in [2.75, 3.05) is 24.6 Å². The molecule has 3 aromatic carbocycles. The molecule has 1 saturated carbocycles. The highest BCUT2D eigenvalue weighted by Gasteiger charge is 2.46. The van der Waals surface area contributed by atoms with Gasteiger partial charge in [-0.15, -0.1) is 0 Å². The lowest BCUT2D eigenvalue weighted by atomic mass is 9.77. The van der Waals surface area contributed by atoms with Gasteiger partial charge in [0.05, 0.1) is 12.2 Å². The number of aliphatic hydroxyl groups excluding tert-OH is 2. The molecule has 29 nitrogen and oxygen atoms in total. The Balaban J connectivity index is 1.20. The van der Waals surface area contributed by atoms with Crippen molar-refractivity contribution in [3.05, 3.63) is 95.1 Å². The first kappa shape index (κ1) is 85.7. The van der Waals surface area contributed by atoms with Gasteiger partial charge in [0.1, 0.15) is 77.5 Å². The zero-order chi connectivity index (χ0) is 78.6. The molecule has 17 N–H and O–H groups in total. The summed E-state index contributed by atoms with van der Waals surface area (Å²) in [6, 6.07) is 5.61. The van der Waals surface area contributed by atoms with E-state index >= 15 is 4.79 Å². The smallest absolute Gasteiger partial charge is 0.246 e. The lowest BCUT2D eigenvalue weighted by Gasteiger charge is -2.36. The van der Waals surface area contributed by atoms with Crippen molar-refractivity contribution < 1.29 is 78.0 Å². The molecule has 0 spiro atoms. The van der Waals surface area contributed by atoms with Crippen LogP contribution in [-0.4, -0.2) is 205 Å². The molecular formula is C76H111N13O16S2. The average Bonchev–Trinajstić information content (AvgIpc) is 1.80. The van der Waals surface area contributed by atoms with Crippen LogP contribution >= 0.6 is 23.5 Å². The van der Waals surface area contributed by atoms with E-state index in [4.69, 9.17) is 5.73 Å². The number of nitrogens with zero attached hydrogens (tertiary/aromatic N) is 1.